The molecule has 0 aliphatic heterocycles. The third kappa shape index (κ3) is 15.0. The number of aryl methyl sites for hydroxylation is 2. The summed E-state index contributed by atoms with van der Waals surface area (Å²) in [7, 11) is 0. The maximum absolute atomic E-state index is 10.5. The number of aromatic nitrogens is 1. The van der Waals surface area contributed by atoms with E-state index >= 15 is 0 Å². The van der Waals surface area contributed by atoms with Gasteiger partial charge in [0.1, 0.15) is 0 Å². The summed E-state index contributed by atoms with van der Waals surface area (Å²) in [5.41, 5.74) is 0. The van der Waals surface area contributed by atoms with Crippen LogP contribution in [-0.4, -0.2) is 16.9 Å². The molecule has 0 bridgehead atoms. The lowest BCUT2D eigenvalue weighted by Crippen LogP contribution is -2.31. The van der Waals surface area contributed by atoms with Crippen molar-refractivity contribution in [2.75, 3.05) is 0 Å². The Labute approximate surface area is 123 Å². The van der Waals surface area contributed by atoms with Crippen LogP contribution in [0, 0.1) is 19.8 Å². The van der Waals surface area contributed by atoms with Gasteiger partial charge in [-0.25, -0.2) is 4.98 Å². The van der Waals surface area contributed by atoms with Crippen LogP contribution in [0.1, 0.15) is 58.9 Å². The standard InChI is InChI=1S/C8H17NO.C5H7NS.2CH4/c1-6(2)5-7(3)9-8(4)10;1-4-3-6-5(2)7-4;;/h6-7H,5H2,1-4H3,(H,9,10);3H,1-2H3;2*1H4. The molecule has 1 heterocycles. The molecule has 1 N–H and O–H groups in total. The van der Waals surface area contributed by atoms with E-state index in [2.05, 4.69) is 31.1 Å². The zero-order valence-corrected chi connectivity index (χ0v) is 12.5. The normalized spacial score (nSPS) is 10.5. The molecule has 0 spiro atoms. The van der Waals surface area contributed by atoms with Crippen LogP contribution >= 0.6 is 11.3 Å². The van der Waals surface area contributed by atoms with Crippen molar-refractivity contribution in [2.45, 2.75) is 68.9 Å². The first-order chi connectivity index (χ1) is 7.81. The fourth-order valence-electron chi connectivity index (χ4n) is 1.58. The Hall–Kier alpha value is -0.900. The van der Waals surface area contributed by atoms with Gasteiger partial charge in [0.25, 0.3) is 0 Å². The van der Waals surface area contributed by atoms with E-state index in [1.54, 1.807) is 18.3 Å². The van der Waals surface area contributed by atoms with Crippen LogP contribution in [0.4, 0.5) is 0 Å². The Bertz CT molecular complexity index is 318. The maximum atomic E-state index is 10.5. The van der Waals surface area contributed by atoms with Crippen molar-refractivity contribution in [1.82, 2.24) is 10.3 Å². The topological polar surface area (TPSA) is 42.0 Å². The highest BCUT2D eigenvalue weighted by Crippen LogP contribution is 2.07. The zero-order valence-electron chi connectivity index (χ0n) is 11.7. The van der Waals surface area contributed by atoms with Gasteiger partial charge >= 0.3 is 0 Å². The Morgan fingerprint density at radius 3 is 2.05 bits per heavy atom. The molecule has 0 aliphatic carbocycles. The third-order valence-corrected chi connectivity index (χ3v) is 2.84. The quantitative estimate of drug-likeness (QED) is 0.884. The molecule has 0 fully saturated rings. The number of nitrogens with zero attached hydrogens (tertiary/aromatic N) is 1. The van der Waals surface area contributed by atoms with E-state index in [1.165, 1.54) is 4.88 Å². The van der Waals surface area contributed by atoms with Crippen molar-refractivity contribution in [3.05, 3.63) is 16.1 Å². The number of amides is 1. The Balaban J connectivity index is -0.000000253. The molecule has 0 saturated carbocycles. The summed E-state index contributed by atoms with van der Waals surface area (Å²) in [5, 5.41) is 3.99. The lowest BCUT2D eigenvalue weighted by atomic mass is 10.1. The molecular formula is C15H32N2OS. The van der Waals surface area contributed by atoms with Crippen LogP contribution in [0.15, 0.2) is 6.20 Å². The smallest absolute Gasteiger partial charge is 0.217 e. The summed E-state index contributed by atoms with van der Waals surface area (Å²) in [5.74, 6) is 0.718. The summed E-state index contributed by atoms with van der Waals surface area (Å²) in [6.45, 7) is 12.0. The summed E-state index contributed by atoms with van der Waals surface area (Å²) < 4.78 is 0. The molecule has 1 amide bonds. The van der Waals surface area contributed by atoms with Crippen molar-refractivity contribution in [3.8, 4) is 0 Å². The van der Waals surface area contributed by atoms with Crippen molar-refractivity contribution in [2.24, 2.45) is 5.92 Å². The van der Waals surface area contributed by atoms with Gasteiger partial charge in [0.05, 0.1) is 5.01 Å². The first kappa shape index (κ1) is 23.2. The van der Waals surface area contributed by atoms with Crippen LogP contribution < -0.4 is 5.32 Å². The van der Waals surface area contributed by atoms with Gasteiger partial charge in [-0.1, -0.05) is 28.7 Å². The molecule has 0 radical (unpaired) electrons. The monoisotopic (exact) mass is 288 g/mol. The molecule has 0 aromatic carbocycles. The second-order valence-corrected chi connectivity index (χ2v) is 6.16. The van der Waals surface area contributed by atoms with E-state index < -0.39 is 0 Å². The van der Waals surface area contributed by atoms with E-state index in [4.69, 9.17) is 0 Å². The summed E-state index contributed by atoms with van der Waals surface area (Å²) in [4.78, 5) is 15.8. The number of carbonyl (C=O) groups is 1. The average Bonchev–Trinajstić information content (AvgIpc) is 2.47. The van der Waals surface area contributed by atoms with Crippen molar-refractivity contribution < 1.29 is 4.79 Å². The molecule has 1 atom stereocenters. The van der Waals surface area contributed by atoms with Crippen molar-refractivity contribution >= 4 is 17.2 Å². The molecule has 1 aromatic heterocycles. The minimum absolute atomic E-state index is 0. The SMILES string of the molecule is C.C.CC(=O)NC(C)CC(C)C.Cc1cnc(C)s1. The fraction of sp³-hybridized carbons (Fsp3) is 0.733. The molecule has 114 valence electrons. The molecule has 19 heavy (non-hydrogen) atoms. The fourth-order valence-corrected chi connectivity index (χ4v) is 2.26. The van der Waals surface area contributed by atoms with Gasteiger partial charge in [-0.2, -0.15) is 0 Å². The van der Waals surface area contributed by atoms with Crippen molar-refractivity contribution in [3.63, 3.8) is 0 Å². The number of thiazole rings is 1. The maximum Gasteiger partial charge on any atom is 0.217 e. The van der Waals surface area contributed by atoms with Gasteiger partial charge in [-0.15, -0.1) is 11.3 Å². The van der Waals surface area contributed by atoms with E-state index in [0.29, 0.717) is 12.0 Å². The largest absolute Gasteiger partial charge is 0.354 e. The first-order valence-electron chi connectivity index (χ1n) is 5.97. The van der Waals surface area contributed by atoms with Gasteiger partial charge in [0, 0.05) is 24.0 Å². The van der Waals surface area contributed by atoms with Crippen LogP contribution in [0.25, 0.3) is 0 Å². The van der Waals surface area contributed by atoms with Crippen LogP contribution in [0.2, 0.25) is 0 Å². The number of carbonyl (C=O) groups excluding carboxylic acids is 1. The Morgan fingerprint density at radius 1 is 1.32 bits per heavy atom. The number of hydrogen-bond donors (Lipinski definition) is 1. The zero-order chi connectivity index (χ0) is 13.4. The van der Waals surface area contributed by atoms with E-state index in [0.717, 1.165) is 11.4 Å². The summed E-state index contributed by atoms with van der Waals surface area (Å²) in [6.07, 6.45) is 2.94. The second-order valence-electron chi connectivity index (χ2n) is 4.72. The van der Waals surface area contributed by atoms with Crippen LogP contribution in [0.3, 0.4) is 0 Å². The Kier molecular flexibility index (Phi) is 14.8. The molecule has 4 heteroatoms. The molecule has 1 unspecified atom stereocenters. The average molecular weight is 289 g/mol. The van der Waals surface area contributed by atoms with E-state index in [9.17, 15) is 4.79 Å². The predicted octanol–water partition coefficient (Wildman–Crippen LogP) is 4.59. The highest BCUT2D eigenvalue weighted by atomic mass is 32.1. The Morgan fingerprint density at radius 2 is 1.84 bits per heavy atom. The lowest BCUT2D eigenvalue weighted by Gasteiger charge is -2.13. The highest BCUT2D eigenvalue weighted by molar-refractivity contribution is 7.11. The molecule has 3 nitrogen and oxygen atoms in total. The summed E-state index contributed by atoms with van der Waals surface area (Å²) >= 11 is 1.73. The minimum Gasteiger partial charge on any atom is -0.354 e. The van der Waals surface area contributed by atoms with Crippen LogP contribution in [-0.2, 0) is 4.79 Å². The number of rotatable bonds is 3. The van der Waals surface area contributed by atoms with Gasteiger partial charge in [0.2, 0.25) is 5.91 Å². The van der Waals surface area contributed by atoms with Crippen LogP contribution in [0.5, 0.6) is 0 Å². The van der Waals surface area contributed by atoms with E-state index in [1.807, 2.05) is 20.0 Å². The van der Waals surface area contributed by atoms with Gasteiger partial charge in [-0.05, 0) is 33.1 Å². The number of nitrogens with one attached hydrogen (secondary N) is 1. The lowest BCUT2D eigenvalue weighted by molar-refractivity contribution is -0.119. The molecule has 1 rings (SSSR count). The minimum atomic E-state index is 0. The van der Waals surface area contributed by atoms with Gasteiger partial charge in [-0.3, -0.25) is 4.79 Å². The molecule has 1 aromatic rings. The van der Waals surface area contributed by atoms with Crippen molar-refractivity contribution in [1.29, 1.82) is 0 Å². The number of hydrogen-bond acceptors (Lipinski definition) is 3. The first-order valence-corrected chi connectivity index (χ1v) is 6.79. The van der Waals surface area contributed by atoms with E-state index in [-0.39, 0.29) is 20.8 Å². The molecule has 0 aliphatic rings. The third-order valence-electron chi connectivity index (χ3n) is 2.01. The predicted molar refractivity (Wildman–Crippen MR) is 87.8 cm³/mol. The van der Waals surface area contributed by atoms with Gasteiger partial charge < -0.3 is 5.32 Å². The highest BCUT2D eigenvalue weighted by Gasteiger charge is 2.04. The van der Waals surface area contributed by atoms with Gasteiger partial charge in [0.15, 0.2) is 0 Å². The summed E-state index contributed by atoms with van der Waals surface area (Å²) in [6, 6.07) is 0.317. The molecule has 0 saturated heterocycles. The second kappa shape index (κ2) is 12.2. The molecular weight excluding hydrogens is 256 g/mol.